The number of benzene rings is 2. The second-order valence-corrected chi connectivity index (χ2v) is 12.4. The normalized spacial score (nSPS) is 15.2. The van der Waals surface area contributed by atoms with Gasteiger partial charge in [0.25, 0.3) is 0 Å². The number of methoxy groups -OCH3 is 1. The standard InChI is InChI=1S/C29H40N2O5S/c1-20-15-24(7-8-27(20)28(33)19-23-9-12-30(4)13-10-23)18-25(32)11-14-31(5)37(34,35)29-21(2)16-26(36-6)17-22(29)3/h7-8,15-17,23H,9-14,18-19H2,1-6H3. The summed E-state index contributed by atoms with van der Waals surface area (Å²) in [6, 6.07) is 8.98. The Bertz CT molecular complexity index is 1220. The molecule has 7 nitrogen and oxygen atoms in total. The van der Waals surface area contributed by atoms with Gasteiger partial charge in [-0.3, -0.25) is 9.59 Å². The minimum Gasteiger partial charge on any atom is -0.497 e. The van der Waals surface area contributed by atoms with Crippen LogP contribution >= 0.6 is 0 Å². The molecular weight excluding hydrogens is 488 g/mol. The molecule has 1 saturated heterocycles. The van der Waals surface area contributed by atoms with Crippen LogP contribution in [-0.4, -0.2) is 70.0 Å². The van der Waals surface area contributed by atoms with Crippen molar-refractivity contribution < 1.29 is 22.7 Å². The van der Waals surface area contributed by atoms with E-state index in [2.05, 4.69) is 11.9 Å². The lowest BCUT2D eigenvalue weighted by Crippen LogP contribution is -2.31. The molecule has 0 aromatic heterocycles. The predicted octanol–water partition coefficient (Wildman–Crippen LogP) is 4.36. The number of hydrogen-bond donors (Lipinski definition) is 0. The summed E-state index contributed by atoms with van der Waals surface area (Å²) < 4.78 is 32.8. The molecule has 0 aliphatic carbocycles. The number of rotatable bonds is 11. The number of ether oxygens (including phenoxy) is 1. The molecule has 1 fully saturated rings. The lowest BCUT2D eigenvalue weighted by atomic mass is 9.88. The molecule has 2 aromatic rings. The van der Waals surface area contributed by atoms with Crippen LogP contribution in [0.15, 0.2) is 35.2 Å². The van der Waals surface area contributed by atoms with Crippen molar-refractivity contribution >= 4 is 21.6 Å². The number of Topliss-reactive ketones (excluding diaryl/α,β-unsaturated/α-hetero) is 2. The van der Waals surface area contributed by atoms with Crippen molar-refractivity contribution in [2.45, 2.75) is 57.8 Å². The van der Waals surface area contributed by atoms with Gasteiger partial charge in [0, 0.05) is 38.4 Å². The molecule has 0 atom stereocenters. The number of sulfonamides is 1. The molecule has 0 unspecified atom stereocenters. The van der Waals surface area contributed by atoms with E-state index in [1.165, 1.54) is 11.4 Å². The van der Waals surface area contributed by atoms with Gasteiger partial charge in [0.05, 0.1) is 12.0 Å². The molecule has 0 N–H and O–H groups in total. The third-order valence-corrected chi connectivity index (χ3v) is 9.51. The molecule has 1 heterocycles. The van der Waals surface area contributed by atoms with Crippen molar-refractivity contribution in [1.29, 1.82) is 0 Å². The molecule has 1 aliphatic rings. The summed E-state index contributed by atoms with van der Waals surface area (Å²) in [5.41, 5.74) is 3.66. The summed E-state index contributed by atoms with van der Waals surface area (Å²) in [6.07, 6.45) is 2.99. The molecule has 8 heteroatoms. The Kier molecular flexibility index (Phi) is 9.67. The highest BCUT2D eigenvalue weighted by Crippen LogP contribution is 2.28. The monoisotopic (exact) mass is 528 g/mol. The lowest BCUT2D eigenvalue weighted by molar-refractivity contribution is -0.118. The zero-order chi connectivity index (χ0) is 27.3. The fourth-order valence-corrected chi connectivity index (χ4v) is 6.67. The Morgan fingerprint density at radius 1 is 1.03 bits per heavy atom. The average molecular weight is 529 g/mol. The maximum absolute atomic E-state index is 13.2. The van der Waals surface area contributed by atoms with Crippen LogP contribution in [0.1, 0.15) is 58.3 Å². The molecule has 0 radical (unpaired) electrons. The van der Waals surface area contributed by atoms with Gasteiger partial charge in [-0.2, -0.15) is 0 Å². The van der Waals surface area contributed by atoms with Crippen molar-refractivity contribution in [2.75, 3.05) is 40.8 Å². The topological polar surface area (TPSA) is 84.0 Å². The molecule has 0 amide bonds. The van der Waals surface area contributed by atoms with E-state index in [9.17, 15) is 18.0 Å². The van der Waals surface area contributed by atoms with Gasteiger partial charge in [-0.15, -0.1) is 0 Å². The Morgan fingerprint density at radius 3 is 2.22 bits per heavy atom. The van der Waals surface area contributed by atoms with Crippen LogP contribution in [0.3, 0.4) is 0 Å². The maximum Gasteiger partial charge on any atom is 0.243 e. The first-order valence-electron chi connectivity index (χ1n) is 12.9. The number of carbonyl (C=O) groups excluding carboxylic acids is 2. The largest absolute Gasteiger partial charge is 0.497 e. The second kappa shape index (κ2) is 12.3. The lowest BCUT2D eigenvalue weighted by Gasteiger charge is -2.28. The van der Waals surface area contributed by atoms with Gasteiger partial charge in [-0.25, -0.2) is 12.7 Å². The van der Waals surface area contributed by atoms with Gasteiger partial charge in [0.2, 0.25) is 10.0 Å². The number of likely N-dealkylation sites (tertiary alicyclic amines) is 1. The maximum atomic E-state index is 13.2. The van der Waals surface area contributed by atoms with E-state index in [1.807, 2.05) is 25.1 Å². The highest BCUT2D eigenvalue weighted by molar-refractivity contribution is 7.89. The second-order valence-electron chi connectivity index (χ2n) is 10.4. The number of nitrogens with zero attached hydrogens (tertiary/aromatic N) is 2. The molecule has 202 valence electrons. The van der Waals surface area contributed by atoms with Crippen molar-refractivity contribution in [2.24, 2.45) is 5.92 Å². The van der Waals surface area contributed by atoms with E-state index >= 15 is 0 Å². The third kappa shape index (κ3) is 7.27. The molecule has 0 bridgehead atoms. The minimum atomic E-state index is -3.75. The molecule has 3 rings (SSSR count). The SMILES string of the molecule is COc1cc(C)c(S(=O)(=O)N(C)CCC(=O)Cc2ccc(C(=O)CC3CCN(C)CC3)c(C)c2)c(C)c1. The molecular formula is C29H40N2O5S. The first kappa shape index (κ1) is 29.0. The van der Waals surface area contributed by atoms with E-state index in [0.29, 0.717) is 29.2 Å². The molecule has 2 aromatic carbocycles. The average Bonchev–Trinajstić information content (AvgIpc) is 2.83. The van der Waals surface area contributed by atoms with Crippen LogP contribution in [0.25, 0.3) is 0 Å². The number of carbonyl (C=O) groups is 2. The first-order chi connectivity index (χ1) is 17.4. The van der Waals surface area contributed by atoms with E-state index < -0.39 is 10.0 Å². The Morgan fingerprint density at radius 2 is 1.65 bits per heavy atom. The summed E-state index contributed by atoms with van der Waals surface area (Å²) in [4.78, 5) is 28.1. The van der Waals surface area contributed by atoms with Gasteiger partial charge < -0.3 is 9.64 Å². The number of aryl methyl sites for hydroxylation is 3. The third-order valence-electron chi connectivity index (χ3n) is 7.35. The van der Waals surface area contributed by atoms with Gasteiger partial charge in [-0.1, -0.05) is 18.2 Å². The van der Waals surface area contributed by atoms with E-state index in [-0.39, 0.29) is 35.8 Å². The van der Waals surface area contributed by atoms with Gasteiger partial charge in [0.15, 0.2) is 5.78 Å². The number of piperidine rings is 1. The zero-order valence-corrected chi connectivity index (χ0v) is 23.8. The summed E-state index contributed by atoms with van der Waals surface area (Å²) >= 11 is 0. The van der Waals surface area contributed by atoms with Gasteiger partial charge in [0.1, 0.15) is 11.5 Å². The van der Waals surface area contributed by atoms with Crippen LogP contribution in [0, 0.1) is 26.7 Å². The van der Waals surface area contributed by atoms with E-state index in [1.54, 1.807) is 33.1 Å². The molecule has 0 spiro atoms. The zero-order valence-electron chi connectivity index (χ0n) is 23.0. The summed E-state index contributed by atoms with van der Waals surface area (Å²) in [6.45, 7) is 7.56. The summed E-state index contributed by atoms with van der Waals surface area (Å²) in [7, 11) is 1.41. The Balaban J connectivity index is 1.58. The van der Waals surface area contributed by atoms with Crippen molar-refractivity contribution in [3.63, 3.8) is 0 Å². The van der Waals surface area contributed by atoms with Crippen molar-refractivity contribution in [1.82, 2.24) is 9.21 Å². The van der Waals surface area contributed by atoms with Crippen molar-refractivity contribution in [3.05, 3.63) is 58.1 Å². The van der Waals surface area contributed by atoms with Gasteiger partial charge >= 0.3 is 0 Å². The highest BCUT2D eigenvalue weighted by Gasteiger charge is 2.26. The van der Waals surface area contributed by atoms with Crippen LogP contribution in [0.5, 0.6) is 5.75 Å². The Hall–Kier alpha value is -2.55. The quantitative estimate of drug-likeness (QED) is 0.403. The fourth-order valence-electron chi connectivity index (χ4n) is 5.10. The smallest absolute Gasteiger partial charge is 0.243 e. The van der Waals surface area contributed by atoms with Crippen LogP contribution < -0.4 is 4.74 Å². The van der Waals surface area contributed by atoms with Crippen LogP contribution in [-0.2, 0) is 21.2 Å². The minimum absolute atomic E-state index is 0.0463. The van der Waals surface area contributed by atoms with Gasteiger partial charge in [-0.05, 0) is 94.1 Å². The number of ketones is 2. The van der Waals surface area contributed by atoms with E-state index in [0.717, 1.165) is 42.6 Å². The summed E-state index contributed by atoms with van der Waals surface area (Å²) in [5.74, 6) is 1.16. The summed E-state index contributed by atoms with van der Waals surface area (Å²) in [5, 5.41) is 0. The molecule has 37 heavy (non-hydrogen) atoms. The predicted molar refractivity (Wildman–Crippen MR) is 146 cm³/mol. The van der Waals surface area contributed by atoms with Crippen LogP contribution in [0.2, 0.25) is 0 Å². The number of hydrogen-bond acceptors (Lipinski definition) is 6. The highest BCUT2D eigenvalue weighted by atomic mass is 32.2. The first-order valence-corrected chi connectivity index (χ1v) is 14.3. The van der Waals surface area contributed by atoms with Crippen molar-refractivity contribution in [3.8, 4) is 5.75 Å². The van der Waals surface area contributed by atoms with Crippen LogP contribution in [0.4, 0.5) is 0 Å². The molecule has 0 saturated carbocycles. The Labute approximate surface area is 221 Å². The fraction of sp³-hybridized carbons (Fsp3) is 0.517. The van der Waals surface area contributed by atoms with E-state index in [4.69, 9.17) is 4.74 Å². The molecule has 1 aliphatic heterocycles.